The van der Waals surface area contributed by atoms with Crippen molar-refractivity contribution in [1.29, 1.82) is 0 Å². The predicted octanol–water partition coefficient (Wildman–Crippen LogP) is 3.93. The van der Waals surface area contributed by atoms with Gasteiger partial charge in [0.15, 0.2) is 0 Å². The largest absolute Gasteiger partial charge is 0.205 e. The summed E-state index contributed by atoms with van der Waals surface area (Å²) in [5.74, 6) is -0.108. The summed E-state index contributed by atoms with van der Waals surface area (Å²) < 4.78 is 14.5. The van der Waals surface area contributed by atoms with Crippen LogP contribution in [0.3, 0.4) is 0 Å². The standard InChI is InChI=1S/C7H4BrFI2/c8-3-4-1-2-5(10)6(9)7(4)11/h1-2H,3H2. The molecule has 0 aliphatic carbocycles. The Labute approximate surface area is 100 Å². The minimum atomic E-state index is -0.108. The molecule has 60 valence electrons. The van der Waals surface area contributed by atoms with Crippen LogP contribution in [0.15, 0.2) is 12.1 Å². The van der Waals surface area contributed by atoms with Crippen molar-refractivity contribution in [2.75, 3.05) is 0 Å². The smallest absolute Gasteiger partial charge is 0.150 e. The molecule has 0 bridgehead atoms. The lowest BCUT2D eigenvalue weighted by Gasteiger charge is -2.02. The Hall–Kier alpha value is 1.09. The van der Waals surface area contributed by atoms with Gasteiger partial charge in [-0.2, -0.15) is 0 Å². The summed E-state index contributed by atoms with van der Waals surface area (Å²) in [5, 5.41) is 0.707. The first-order chi connectivity index (χ1) is 5.16. The Morgan fingerprint density at radius 2 is 2.00 bits per heavy atom. The minimum absolute atomic E-state index is 0.108. The molecule has 0 aromatic heterocycles. The maximum absolute atomic E-state index is 13.1. The fraction of sp³-hybridized carbons (Fsp3) is 0.143. The zero-order chi connectivity index (χ0) is 8.43. The topological polar surface area (TPSA) is 0 Å². The summed E-state index contributed by atoms with van der Waals surface area (Å²) in [7, 11) is 0. The molecule has 0 amide bonds. The number of halogens is 4. The molecule has 0 heterocycles. The predicted molar refractivity (Wildman–Crippen MR) is 64.5 cm³/mol. The highest BCUT2D eigenvalue weighted by Crippen LogP contribution is 2.22. The molecule has 11 heavy (non-hydrogen) atoms. The summed E-state index contributed by atoms with van der Waals surface area (Å²) >= 11 is 7.30. The third-order valence-electron chi connectivity index (χ3n) is 1.26. The summed E-state index contributed by atoms with van der Waals surface area (Å²) in [6.45, 7) is 0. The first-order valence-electron chi connectivity index (χ1n) is 2.85. The second kappa shape index (κ2) is 4.36. The molecule has 0 aliphatic rings. The molecular weight excluding hydrogens is 437 g/mol. The van der Waals surface area contributed by atoms with Crippen LogP contribution in [-0.4, -0.2) is 0 Å². The van der Waals surface area contributed by atoms with E-state index in [1.165, 1.54) is 0 Å². The van der Waals surface area contributed by atoms with E-state index in [0.717, 1.165) is 5.56 Å². The minimum Gasteiger partial charge on any atom is -0.205 e. The van der Waals surface area contributed by atoms with E-state index in [1.807, 2.05) is 51.2 Å². The van der Waals surface area contributed by atoms with Gasteiger partial charge in [-0.1, -0.05) is 22.0 Å². The van der Waals surface area contributed by atoms with Crippen LogP contribution in [0.25, 0.3) is 0 Å². The van der Waals surface area contributed by atoms with Crippen LogP contribution in [0.2, 0.25) is 0 Å². The monoisotopic (exact) mass is 440 g/mol. The average Bonchev–Trinajstić information content (AvgIpc) is 2.01. The summed E-state index contributed by atoms with van der Waals surface area (Å²) in [4.78, 5) is 0. The van der Waals surface area contributed by atoms with E-state index in [0.29, 0.717) is 12.5 Å². The van der Waals surface area contributed by atoms with E-state index in [1.54, 1.807) is 6.07 Å². The first kappa shape index (κ1) is 10.2. The maximum Gasteiger partial charge on any atom is 0.150 e. The molecule has 0 fully saturated rings. The second-order valence-electron chi connectivity index (χ2n) is 1.97. The normalized spacial score (nSPS) is 10.2. The maximum atomic E-state index is 13.1. The second-order valence-corrected chi connectivity index (χ2v) is 4.77. The molecule has 0 atom stereocenters. The highest BCUT2D eigenvalue weighted by molar-refractivity contribution is 14.1. The summed E-state index contributed by atoms with van der Waals surface area (Å²) in [6.07, 6.45) is 0. The van der Waals surface area contributed by atoms with Crippen molar-refractivity contribution >= 4 is 61.1 Å². The van der Waals surface area contributed by atoms with Gasteiger partial charge in [-0.3, -0.25) is 0 Å². The van der Waals surface area contributed by atoms with Crippen molar-refractivity contribution in [2.24, 2.45) is 0 Å². The molecule has 1 aromatic carbocycles. The highest BCUT2D eigenvalue weighted by atomic mass is 127. The molecule has 0 N–H and O–H groups in total. The van der Waals surface area contributed by atoms with Crippen LogP contribution in [-0.2, 0) is 5.33 Å². The van der Waals surface area contributed by atoms with Crippen LogP contribution in [0.1, 0.15) is 5.56 Å². The lowest BCUT2D eigenvalue weighted by atomic mass is 10.2. The van der Waals surface area contributed by atoms with Crippen molar-refractivity contribution in [3.63, 3.8) is 0 Å². The number of alkyl halides is 1. The zero-order valence-corrected chi connectivity index (χ0v) is 11.3. The fourth-order valence-electron chi connectivity index (χ4n) is 0.669. The van der Waals surface area contributed by atoms with Gasteiger partial charge in [0.05, 0.1) is 3.57 Å². The van der Waals surface area contributed by atoms with Crippen LogP contribution in [0.4, 0.5) is 4.39 Å². The van der Waals surface area contributed by atoms with Crippen LogP contribution in [0.5, 0.6) is 0 Å². The molecule has 0 radical (unpaired) electrons. The van der Waals surface area contributed by atoms with E-state index in [9.17, 15) is 4.39 Å². The number of hydrogen-bond donors (Lipinski definition) is 0. The summed E-state index contributed by atoms with van der Waals surface area (Å²) in [5.41, 5.74) is 1.00. The average molecular weight is 441 g/mol. The van der Waals surface area contributed by atoms with Crippen LogP contribution in [0, 0.1) is 13.0 Å². The number of benzene rings is 1. The molecule has 0 nitrogen and oxygen atoms in total. The van der Waals surface area contributed by atoms with Crippen LogP contribution < -0.4 is 0 Å². The number of hydrogen-bond acceptors (Lipinski definition) is 0. The van der Waals surface area contributed by atoms with E-state index in [4.69, 9.17) is 0 Å². The van der Waals surface area contributed by atoms with Gasteiger partial charge in [0, 0.05) is 8.90 Å². The van der Waals surface area contributed by atoms with E-state index >= 15 is 0 Å². The number of rotatable bonds is 1. The highest BCUT2D eigenvalue weighted by Gasteiger charge is 2.07. The van der Waals surface area contributed by atoms with Gasteiger partial charge in [-0.25, -0.2) is 4.39 Å². The molecule has 0 saturated carbocycles. The molecule has 0 aliphatic heterocycles. The van der Waals surface area contributed by atoms with E-state index in [-0.39, 0.29) is 5.82 Å². The Morgan fingerprint density at radius 3 is 2.55 bits per heavy atom. The Balaban J connectivity index is 3.25. The fourth-order valence-corrected chi connectivity index (χ4v) is 3.29. The Bertz CT molecular complexity index is 275. The van der Waals surface area contributed by atoms with Gasteiger partial charge < -0.3 is 0 Å². The zero-order valence-electron chi connectivity index (χ0n) is 5.37. The molecule has 0 saturated heterocycles. The van der Waals surface area contributed by atoms with Gasteiger partial charge in [0.2, 0.25) is 0 Å². The van der Waals surface area contributed by atoms with Crippen molar-refractivity contribution in [1.82, 2.24) is 0 Å². The van der Waals surface area contributed by atoms with Crippen LogP contribution >= 0.6 is 61.1 Å². The SMILES string of the molecule is Fc1c(I)ccc(CBr)c1I. The van der Waals surface area contributed by atoms with Gasteiger partial charge in [-0.05, 0) is 56.8 Å². The third-order valence-corrected chi connectivity index (χ3v) is 3.86. The van der Waals surface area contributed by atoms with Gasteiger partial charge in [0.25, 0.3) is 0 Å². The van der Waals surface area contributed by atoms with E-state index in [2.05, 4.69) is 15.9 Å². The summed E-state index contributed by atoms with van der Waals surface area (Å²) in [6, 6.07) is 3.72. The van der Waals surface area contributed by atoms with Crippen molar-refractivity contribution in [3.8, 4) is 0 Å². The van der Waals surface area contributed by atoms with Crippen molar-refractivity contribution in [2.45, 2.75) is 5.33 Å². The molecule has 1 rings (SSSR count). The third kappa shape index (κ3) is 2.27. The molecule has 4 heteroatoms. The van der Waals surface area contributed by atoms with E-state index < -0.39 is 0 Å². The van der Waals surface area contributed by atoms with Crippen molar-refractivity contribution < 1.29 is 4.39 Å². The molecule has 0 spiro atoms. The first-order valence-corrected chi connectivity index (χ1v) is 6.13. The van der Waals surface area contributed by atoms with Gasteiger partial charge >= 0.3 is 0 Å². The van der Waals surface area contributed by atoms with Gasteiger partial charge in [-0.15, -0.1) is 0 Å². The van der Waals surface area contributed by atoms with Gasteiger partial charge in [0.1, 0.15) is 5.82 Å². The molecule has 1 aromatic rings. The molecular formula is C7H4BrFI2. The lowest BCUT2D eigenvalue weighted by molar-refractivity contribution is 0.611. The van der Waals surface area contributed by atoms with Crippen molar-refractivity contribution in [3.05, 3.63) is 30.7 Å². The molecule has 0 unspecified atom stereocenters. The Morgan fingerprint density at radius 1 is 1.36 bits per heavy atom. The quantitative estimate of drug-likeness (QED) is 0.353. The Kier molecular flexibility index (Phi) is 4.03. The lowest BCUT2D eigenvalue weighted by Crippen LogP contribution is -1.92.